The average Bonchev–Trinajstić information content (AvgIpc) is 2.98. The highest BCUT2D eigenvalue weighted by Crippen LogP contribution is 2.31. The van der Waals surface area contributed by atoms with Crippen molar-refractivity contribution in [1.82, 2.24) is 15.3 Å². The molecule has 3 rings (SSSR count). The van der Waals surface area contributed by atoms with Crippen LogP contribution in [-0.2, 0) is 4.79 Å². The van der Waals surface area contributed by atoms with Crippen LogP contribution in [0.1, 0.15) is 12.0 Å². The summed E-state index contributed by atoms with van der Waals surface area (Å²) >= 11 is 1.54. The van der Waals surface area contributed by atoms with Gasteiger partial charge in [-0.3, -0.25) is 4.79 Å². The van der Waals surface area contributed by atoms with E-state index in [0.29, 0.717) is 18.8 Å². The second-order valence-electron chi connectivity index (χ2n) is 4.55. The highest BCUT2D eigenvalue weighted by Gasteiger charge is 2.31. The normalized spacial score (nSPS) is 22.8. The lowest BCUT2D eigenvalue weighted by Gasteiger charge is -2.11. The number of hydrogen-bond donors (Lipinski definition) is 2. The molecule has 1 aliphatic rings. The minimum Gasteiger partial charge on any atom is -0.480 e. The van der Waals surface area contributed by atoms with Crippen LogP contribution >= 0.6 is 11.3 Å². The molecule has 0 amide bonds. The standard InChI is InChI=1S/C12H13N3O3S/c1-6-4-19-10-9(6)14-5-15-11(10)18-7-2-8(12(16)17)13-3-7/h4-5,7-8,13H,2-3H2,1H3,(H,16,17). The minimum absolute atomic E-state index is 0.165. The topological polar surface area (TPSA) is 84.3 Å². The molecule has 1 saturated heterocycles. The quantitative estimate of drug-likeness (QED) is 0.878. The highest BCUT2D eigenvalue weighted by molar-refractivity contribution is 7.17. The lowest BCUT2D eigenvalue weighted by Crippen LogP contribution is -2.30. The third-order valence-corrected chi connectivity index (χ3v) is 4.24. The van der Waals surface area contributed by atoms with Gasteiger partial charge < -0.3 is 15.2 Å². The fourth-order valence-electron chi connectivity index (χ4n) is 2.17. The fraction of sp³-hybridized carbons (Fsp3) is 0.417. The van der Waals surface area contributed by atoms with Crippen molar-refractivity contribution < 1.29 is 14.6 Å². The van der Waals surface area contributed by atoms with E-state index < -0.39 is 12.0 Å². The van der Waals surface area contributed by atoms with Gasteiger partial charge in [-0.1, -0.05) is 0 Å². The van der Waals surface area contributed by atoms with Crippen LogP contribution < -0.4 is 10.1 Å². The number of nitrogens with one attached hydrogen (secondary N) is 1. The van der Waals surface area contributed by atoms with E-state index in [1.807, 2.05) is 12.3 Å². The number of rotatable bonds is 3. The van der Waals surface area contributed by atoms with Crippen molar-refractivity contribution in [2.24, 2.45) is 0 Å². The number of aliphatic carboxylic acids is 1. The largest absolute Gasteiger partial charge is 0.480 e. The van der Waals surface area contributed by atoms with Crippen molar-refractivity contribution >= 4 is 27.5 Å². The van der Waals surface area contributed by atoms with Gasteiger partial charge >= 0.3 is 5.97 Å². The number of fused-ring (bicyclic) bond motifs is 1. The second-order valence-corrected chi connectivity index (χ2v) is 5.43. The van der Waals surface area contributed by atoms with Crippen molar-refractivity contribution in [1.29, 1.82) is 0 Å². The Hall–Kier alpha value is -1.73. The summed E-state index contributed by atoms with van der Waals surface area (Å²) in [6, 6.07) is -0.535. The molecule has 2 atom stereocenters. The number of hydrogen-bond acceptors (Lipinski definition) is 6. The number of thiophene rings is 1. The van der Waals surface area contributed by atoms with Gasteiger partial charge in [0.2, 0.25) is 5.88 Å². The first-order valence-electron chi connectivity index (χ1n) is 5.97. The Balaban J connectivity index is 1.81. The molecule has 100 valence electrons. The van der Waals surface area contributed by atoms with Gasteiger partial charge in [-0.2, -0.15) is 0 Å². The lowest BCUT2D eigenvalue weighted by atomic mass is 10.2. The van der Waals surface area contributed by atoms with Crippen molar-refractivity contribution in [2.75, 3.05) is 6.54 Å². The van der Waals surface area contributed by atoms with Gasteiger partial charge in [0.15, 0.2) is 0 Å². The van der Waals surface area contributed by atoms with Crippen LogP contribution in [0.3, 0.4) is 0 Å². The molecule has 2 unspecified atom stereocenters. The zero-order valence-electron chi connectivity index (χ0n) is 10.3. The van der Waals surface area contributed by atoms with Gasteiger partial charge in [0.25, 0.3) is 0 Å². The van der Waals surface area contributed by atoms with Gasteiger partial charge in [0.05, 0.1) is 5.52 Å². The van der Waals surface area contributed by atoms with Gasteiger partial charge in [0, 0.05) is 13.0 Å². The first-order valence-corrected chi connectivity index (χ1v) is 6.84. The monoisotopic (exact) mass is 279 g/mol. The maximum Gasteiger partial charge on any atom is 0.320 e. The summed E-state index contributed by atoms with van der Waals surface area (Å²) in [5.74, 6) is -0.299. The zero-order valence-corrected chi connectivity index (χ0v) is 11.1. The first-order chi connectivity index (χ1) is 9.15. The molecule has 19 heavy (non-hydrogen) atoms. The highest BCUT2D eigenvalue weighted by atomic mass is 32.1. The number of nitrogens with zero attached hydrogens (tertiary/aromatic N) is 2. The van der Waals surface area contributed by atoms with Gasteiger partial charge in [-0.25, -0.2) is 9.97 Å². The Morgan fingerprint density at radius 3 is 3.16 bits per heavy atom. The number of aryl methyl sites for hydroxylation is 1. The van der Waals surface area contributed by atoms with E-state index >= 15 is 0 Å². The second kappa shape index (κ2) is 4.75. The van der Waals surface area contributed by atoms with Crippen LogP contribution in [-0.4, -0.2) is 39.7 Å². The van der Waals surface area contributed by atoms with Crippen molar-refractivity contribution in [3.63, 3.8) is 0 Å². The van der Waals surface area contributed by atoms with Gasteiger partial charge in [-0.15, -0.1) is 11.3 Å². The predicted molar refractivity (Wildman–Crippen MR) is 70.6 cm³/mol. The predicted octanol–water partition coefficient (Wildman–Crippen LogP) is 1.19. The summed E-state index contributed by atoms with van der Waals surface area (Å²) in [7, 11) is 0. The molecule has 0 spiro atoms. The summed E-state index contributed by atoms with van der Waals surface area (Å²) in [6.07, 6.45) is 1.77. The van der Waals surface area contributed by atoms with Crippen LogP contribution in [0.2, 0.25) is 0 Å². The van der Waals surface area contributed by atoms with Crippen LogP contribution in [0.25, 0.3) is 10.2 Å². The molecular weight excluding hydrogens is 266 g/mol. The maximum atomic E-state index is 10.9. The van der Waals surface area contributed by atoms with E-state index in [-0.39, 0.29) is 6.10 Å². The van der Waals surface area contributed by atoms with Crippen LogP contribution in [0.15, 0.2) is 11.7 Å². The van der Waals surface area contributed by atoms with E-state index in [2.05, 4.69) is 15.3 Å². The third kappa shape index (κ3) is 2.26. The third-order valence-electron chi connectivity index (χ3n) is 3.17. The molecule has 3 heterocycles. The molecule has 0 saturated carbocycles. The van der Waals surface area contributed by atoms with Crippen molar-refractivity contribution in [3.8, 4) is 5.88 Å². The Kier molecular flexibility index (Phi) is 3.08. The number of aromatic nitrogens is 2. The lowest BCUT2D eigenvalue weighted by molar-refractivity contribution is -0.139. The smallest absolute Gasteiger partial charge is 0.320 e. The summed E-state index contributed by atoms with van der Waals surface area (Å²) in [6.45, 7) is 2.51. The fourth-order valence-corrected chi connectivity index (χ4v) is 3.10. The van der Waals surface area contributed by atoms with Crippen molar-refractivity contribution in [2.45, 2.75) is 25.5 Å². The molecule has 2 N–H and O–H groups in total. The van der Waals surface area contributed by atoms with Gasteiger partial charge in [0.1, 0.15) is 23.2 Å². The average molecular weight is 279 g/mol. The first kappa shape index (κ1) is 12.3. The summed E-state index contributed by atoms with van der Waals surface area (Å²) < 4.78 is 6.73. The van der Waals surface area contributed by atoms with Crippen LogP contribution in [0.5, 0.6) is 5.88 Å². The molecule has 0 bridgehead atoms. The Morgan fingerprint density at radius 1 is 1.58 bits per heavy atom. The SMILES string of the molecule is Cc1csc2c(OC3CNC(C(=O)O)C3)ncnc12. The van der Waals surface area contributed by atoms with E-state index in [0.717, 1.165) is 15.8 Å². The van der Waals surface area contributed by atoms with Crippen LogP contribution in [0.4, 0.5) is 0 Å². The minimum atomic E-state index is -0.842. The van der Waals surface area contributed by atoms with E-state index in [1.165, 1.54) is 6.33 Å². The molecule has 0 aromatic carbocycles. The molecular formula is C12H13N3O3S. The van der Waals surface area contributed by atoms with E-state index in [1.54, 1.807) is 11.3 Å². The van der Waals surface area contributed by atoms with Crippen LogP contribution in [0, 0.1) is 6.92 Å². The molecule has 1 fully saturated rings. The van der Waals surface area contributed by atoms with Crippen molar-refractivity contribution in [3.05, 3.63) is 17.3 Å². The Morgan fingerprint density at radius 2 is 2.42 bits per heavy atom. The zero-order chi connectivity index (χ0) is 13.4. The molecule has 7 heteroatoms. The van der Waals surface area contributed by atoms with E-state index in [4.69, 9.17) is 9.84 Å². The number of ether oxygens (including phenoxy) is 1. The summed E-state index contributed by atoms with van der Waals surface area (Å²) in [4.78, 5) is 19.3. The van der Waals surface area contributed by atoms with Gasteiger partial charge in [-0.05, 0) is 17.9 Å². The Labute approximate surface area is 113 Å². The number of carboxylic acids is 1. The molecule has 0 radical (unpaired) electrons. The molecule has 2 aromatic rings. The molecule has 1 aliphatic heterocycles. The maximum absolute atomic E-state index is 10.9. The summed E-state index contributed by atoms with van der Waals surface area (Å²) in [5.41, 5.74) is 2.00. The molecule has 0 aliphatic carbocycles. The Bertz CT molecular complexity index is 628. The number of carboxylic acid groups (broad SMARTS) is 1. The molecule has 2 aromatic heterocycles. The molecule has 6 nitrogen and oxygen atoms in total. The summed E-state index contributed by atoms with van der Waals surface area (Å²) in [5, 5.41) is 13.9. The number of carbonyl (C=O) groups is 1. The van der Waals surface area contributed by atoms with E-state index in [9.17, 15) is 4.79 Å².